The van der Waals surface area contributed by atoms with E-state index in [2.05, 4.69) is 76.8 Å². The van der Waals surface area contributed by atoms with Gasteiger partial charge in [-0.3, -0.25) is 0 Å². The van der Waals surface area contributed by atoms with Gasteiger partial charge in [0.1, 0.15) is 0 Å². The molecule has 2 heterocycles. The Hall–Kier alpha value is -3.60. The Kier molecular flexibility index (Phi) is 3.91. The molecular weight excluding hydrogens is 362 g/mol. The number of nitrogens with one attached hydrogen (secondary N) is 1. The van der Waals surface area contributed by atoms with Gasteiger partial charge in [-0.2, -0.15) is 4.79 Å². The van der Waals surface area contributed by atoms with Gasteiger partial charge >= 0.3 is 6.09 Å². The molecule has 0 fully saturated rings. The lowest BCUT2D eigenvalue weighted by molar-refractivity contribution is -0.412. The highest BCUT2D eigenvalue weighted by molar-refractivity contribution is 6.24. The summed E-state index contributed by atoms with van der Waals surface area (Å²) in [6.07, 6.45) is -0.439. The van der Waals surface area contributed by atoms with E-state index in [1.54, 1.807) is 6.92 Å². The number of carbonyl (C=O) groups excluding carboxylic acids is 1. The fraction of sp³-hybridized carbons (Fsp3) is 0.167. The molecule has 0 spiro atoms. The zero-order valence-corrected chi connectivity index (χ0v) is 16.7. The van der Waals surface area contributed by atoms with Gasteiger partial charge in [0, 0.05) is 42.4 Å². The number of pyridine rings is 2. The van der Waals surface area contributed by atoms with Gasteiger partial charge in [-0.25, -0.2) is 0 Å². The fourth-order valence-electron chi connectivity index (χ4n) is 4.39. The molecule has 0 aliphatic heterocycles. The van der Waals surface area contributed by atoms with E-state index in [1.165, 1.54) is 32.7 Å². The molecule has 3 aromatic carbocycles. The van der Waals surface area contributed by atoms with Crippen LogP contribution in [-0.4, -0.2) is 21.8 Å². The van der Waals surface area contributed by atoms with Gasteiger partial charge in [0.25, 0.3) is 0 Å². The molecule has 1 amide bonds. The van der Waals surface area contributed by atoms with Crippen LogP contribution in [0.25, 0.3) is 43.6 Å². The number of hydrogen-bond donors (Lipinski definition) is 1. The molecule has 0 aliphatic rings. The summed E-state index contributed by atoms with van der Waals surface area (Å²) in [6, 6.07) is 20.9. The van der Waals surface area contributed by atoms with Gasteiger partial charge in [0.15, 0.2) is 0 Å². The van der Waals surface area contributed by atoms with E-state index in [1.807, 2.05) is 12.1 Å². The van der Waals surface area contributed by atoms with Crippen LogP contribution in [-0.2, 0) is 18.8 Å². The SMILES string of the molecule is CCOC(=O)[NH+]=c1ccc2c3cccc4c3c(c3ccccc3n4C)n(C)c2c1. The number of amides is 1. The van der Waals surface area contributed by atoms with Crippen LogP contribution < -0.4 is 10.3 Å². The number of nitrogens with zero attached hydrogens (tertiary/aromatic N) is 2. The van der Waals surface area contributed by atoms with Crippen molar-refractivity contribution < 1.29 is 14.5 Å². The number of hydrogen-bond acceptors (Lipinski definition) is 2. The van der Waals surface area contributed by atoms with Crippen molar-refractivity contribution in [1.82, 2.24) is 9.13 Å². The third kappa shape index (κ3) is 2.54. The molecule has 5 heteroatoms. The van der Waals surface area contributed by atoms with Gasteiger partial charge in [-0.15, -0.1) is 4.99 Å². The number of para-hydroxylation sites is 1. The average molecular weight is 384 g/mol. The molecule has 0 atom stereocenters. The number of ether oxygens (including phenoxy) is 1. The van der Waals surface area contributed by atoms with Crippen LogP contribution in [0.1, 0.15) is 6.92 Å². The molecule has 5 aromatic rings. The number of aryl methyl sites for hydroxylation is 2. The summed E-state index contributed by atoms with van der Waals surface area (Å²) in [6.45, 7) is 2.14. The molecule has 0 bridgehead atoms. The summed E-state index contributed by atoms with van der Waals surface area (Å²) >= 11 is 0. The highest BCUT2D eigenvalue weighted by Crippen LogP contribution is 2.36. The van der Waals surface area contributed by atoms with Gasteiger partial charge in [0.2, 0.25) is 5.36 Å². The normalized spacial score (nSPS) is 12.4. The van der Waals surface area contributed by atoms with Gasteiger partial charge < -0.3 is 13.9 Å². The number of carbonyl (C=O) groups is 1. The predicted molar refractivity (Wildman–Crippen MR) is 116 cm³/mol. The lowest BCUT2D eigenvalue weighted by atomic mass is 9.99. The van der Waals surface area contributed by atoms with Gasteiger partial charge in [0.05, 0.1) is 28.7 Å². The van der Waals surface area contributed by atoms with Crippen molar-refractivity contribution in [2.45, 2.75) is 6.92 Å². The van der Waals surface area contributed by atoms with Crippen LogP contribution in [0.2, 0.25) is 0 Å². The molecule has 144 valence electrons. The van der Waals surface area contributed by atoms with E-state index in [9.17, 15) is 4.79 Å². The minimum Gasteiger partial charge on any atom is -0.412 e. The number of aromatic nitrogens is 2. The first-order chi connectivity index (χ1) is 14.1. The quantitative estimate of drug-likeness (QED) is 0.357. The molecule has 0 radical (unpaired) electrons. The summed E-state index contributed by atoms with van der Waals surface area (Å²) in [7, 11) is 4.21. The third-order valence-electron chi connectivity index (χ3n) is 5.67. The third-order valence-corrected chi connectivity index (χ3v) is 5.67. The Morgan fingerprint density at radius 1 is 0.862 bits per heavy atom. The Morgan fingerprint density at radius 3 is 2.45 bits per heavy atom. The molecule has 29 heavy (non-hydrogen) atoms. The molecule has 0 aliphatic carbocycles. The first kappa shape index (κ1) is 17.5. The number of benzene rings is 3. The second-order valence-electron chi connectivity index (χ2n) is 7.26. The molecule has 0 saturated carbocycles. The molecule has 0 unspecified atom stereocenters. The van der Waals surface area contributed by atoms with Crippen molar-refractivity contribution >= 4 is 49.7 Å². The van der Waals surface area contributed by atoms with E-state index < -0.39 is 6.09 Å². The lowest BCUT2D eigenvalue weighted by Crippen LogP contribution is -2.80. The van der Waals surface area contributed by atoms with Crippen LogP contribution in [0.3, 0.4) is 0 Å². The first-order valence-corrected chi connectivity index (χ1v) is 9.75. The van der Waals surface area contributed by atoms with E-state index >= 15 is 0 Å². The second kappa shape index (κ2) is 6.48. The predicted octanol–water partition coefficient (Wildman–Crippen LogP) is 3.11. The maximum absolute atomic E-state index is 11.9. The van der Waals surface area contributed by atoms with Crippen molar-refractivity contribution in [3.8, 4) is 0 Å². The molecule has 5 rings (SSSR count). The van der Waals surface area contributed by atoms with E-state index in [-0.39, 0.29) is 0 Å². The maximum atomic E-state index is 11.9. The molecule has 1 N–H and O–H groups in total. The summed E-state index contributed by atoms with van der Waals surface area (Å²) in [5.41, 5.74) is 4.62. The summed E-state index contributed by atoms with van der Waals surface area (Å²) < 4.78 is 9.51. The Labute approximate surface area is 167 Å². The zero-order valence-electron chi connectivity index (χ0n) is 16.7. The van der Waals surface area contributed by atoms with Crippen molar-refractivity contribution in [3.63, 3.8) is 0 Å². The Balaban J connectivity index is 2.00. The smallest absolute Gasteiger partial charge is 0.412 e. The molecule has 2 aromatic heterocycles. The van der Waals surface area contributed by atoms with Crippen LogP contribution >= 0.6 is 0 Å². The minimum absolute atomic E-state index is 0.342. The van der Waals surface area contributed by atoms with Gasteiger partial charge in [-0.05, 0) is 30.5 Å². The van der Waals surface area contributed by atoms with E-state index in [0.29, 0.717) is 6.61 Å². The largest absolute Gasteiger partial charge is 0.595 e. The summed E-state index contributed by atoms with van der Waals surface area (Å²) in [4.78, 5) is 14.7. The second-order valence-corrected chi connectivity index (χ2v) is 7.26. The summed E-state index contributed by atoms with van der Waals surface area (Å²) in [5.74, 6) is 0. The van der Waals surface area contributed by atoms with Crippen LogP contribution in [0.5, 0.6) is 0 Å². The highest BCUT2D eigenvalue weighted by atomic mass is 16.5. The first-order valence-electron chi connectivity index (χ1n) is 9.75. The van der Waals surface area contributed by atoms with Crippen molar-refractivity contribution in [2.24, 2.45) is 14.1 Å². The molecular formula is C24H22N3O2+. The monoisotopic (exact) mass is 384 g/mol. The Morgan fingerprint density at radius 2 is 1.62 bits per heavy atom. The van der Waals surface area contributed by atoms with Crippen molar-refractivity contribution in [1.29, 1.82) is 0 Å². The zero-order chi connectivity index (χ0) is 20.1. The topological polar surface area (TPSA) is 50.1 Å². The molecule has 0 saturated heterocycles. The number of rotatable bonds is 1. The molecule has 5 nitrogen and oxygen atoms in total. The van der Waals surface area contributed by atoms with Crippen molar-refractivity contribution in [3.05, 3.63) is 66.0 Å². The highest BCUT2D eigenvalue weighted by Gasteiger charge is 2.16. The maximum Gasteiger partial charge on any atom is 0.595 e. The van der Waals surface area contributed by atoms with Crippen LogP contribution in [0, 0.1) is 0 Å². The Bertz CT molecular complexity index is 1510. The minimum atomic E-state index is -0.439. The lowest BCUT2D eigenvalue weighted by Gasteiger charge is -2.20. The van der Waals surface area contributed by atoms with Crippen LogP contribution in [0.15, 0.2) is 60.7 Å². The number of fused-ring (bicyclic) bond motifs is 4. The van der Waals surface area contributed by atoms with Gasteiger partial charge in [-0.1, -0.05) is 30.3 Å². The fourth-order valence-corrected chi connectivity index (χ4v) is 4.39. The van der Waals surface area contributed by atoms with Crippen LogP contribution in [0.4, 0.5) is 4.79 Å². The standard InChI is InChI=1S/C24H21N3O2/c1-4-29-24(28)25-15-12-13-16-17-9-7-11-20-22(17)23(27(3)21(16)14-15)18-8-5-6-10-19(18)26(20)2/h5-14H,4H2,1-3H3/p+1. The van der Waals surface area contributed by atoms with E-state index in [0.717, 1.165) is 16.3 Å². The van der Waals surface area contributed by atoms with Crippen molar-refractivity contribution in [2.75, 3.05) is 6.61 Å². The summed E-state index contributed by atoms with van der Waals surface area (Å²) in [5, 5.41) is 5.52. The van der Waals surface area contributed by atoms with E-state index in [4.69, 9.17) is 4.74 Å². The average Bonchev–Trinajstić information content (AvgIpc) is 2.73.